The molecule has 0 spiro atoms. The first-order valence-electron chi connectivity index (χ1n) is 13.4. The number of Topliss-reactive ketones (excluding diaryl/α,β-unsaturated/α-hetero) is 1. The highest BCUT2D eigenvalue weighted by Crippen LogP contribution is 2.41. The van der Waals surface area contributed by atoms with Crippen LogP contribution in [0.25, 0.3) is 0 Å². The molecule has 3 aromatic carbocycles. The molecule has 3 aromatic rings. The van der Waals surface area contributed by atoms with Crippen LogP contribution >= 0.6 is 11.8 Å². The molecule has 0 radical (unpaired) electrons. The van der Waals surface area contributed by atoms with Crippen LogP contribution in [-0.4, -0.2) is 38.5 Å². The second-order valence-electron chi connectivity index (χ2n) is 10.8. The zero-order valence-corrected chi connectivity index (χ0v) is 22.5. The molecule has 37 heavy (non-hydrogen) atoms. The smallest absolute Gasteiger partial charge is 0.163 e. The summed E-state index contributed by atoms with van der Waals surface area (Å²) in [6.45, 7) is 9.78. The highest BCUT2D eigenvalue weighted by Gasteiger charge is 2.34. The maximum atomic E-state index is 14.1. The number of hydrogen-bond acceptors (Lipinski definition) is 2. The Hall–Kier alpha value is -2.54. The van der Waals surface area contributed by atoms with Gasteiger partial charge in [0.05, 0.1) is 6.54 Å². The minimum Gasteiger partial charge on any atom is -0.326 e. The lowest BCUT2D eigenvalue weighted by molar-refractivity contribution is -1.03. The summed E-state index contributed by atoms with van der Waals surface area (Å²) in [6.07, 6.45) is 2.28. The van der Waals surface area contributed by atoms with Gasteiger partial charge in [0.25, 0.3) is 0 Å². The Morgan fingerprint density at radius 3 is 2.38 bits per heavy atom. The lowest BCUT2D eigenvalue weighted by atomic mass is 9.93. The van der Waals surface area contributed by atoms with Crippen LogP contribution in [0.5, 0.6) is 0 Å². The molecule has 5 rings (SSSR count). The van der Waals surface area contributed by atoms with Gasteiger partial charge in [0.2, 0.25) is 0 Å². The van der Waals surface area contributed by atoms with Crippen molar-refractivity contribution < 1.29 is 23.4 Å². The van der Waals surface area contributed by atoms with Gasteiger partial charge in [-0.3, -0.25) is 4.79 Å². The third-order valence-electron chi connectivity index (χ3n) is 7.94. The molecule has 2 N–H and O–H groups in total. The lowest BCUT2D eigenvalue weighted by Crippen LogP contribution is -3.28. The second-order valence-corrected chi connectivity index (χ2v) is 11.8. The minimum atomic E-state index is -0.313. The number of quaternary nitrogens is 2. The van der Waals surface area contributed by atoms with Crippen LogP contribution < -0.4 is 9.80 Å². The number of carbonyl (C=O) groups excluding carboxylic acids is 1. The van der Waals surface area contributed by atoms with E-state index in [0.717, 1.165) is 50.5 Å². The summed E-state index contributed by atoms with van der Waals surface area (Å²) in [4.78, 5) is 17.9. The maximum Gasteiger partial charge on any atom is 0.163 e. The van der Waals surface area contributed by atoms with Crippen molar-refractivity contribution in [3.05, 3.63) is 94.6 Å². The third kappa shape index (κ3) is 6.14. The summed E-state index contributed by atoms with van der Waals surface area (Å²) in [7, 11) is 0. The predicted molar refractivity (Wildman–Crippen MR) is 144 cm³/mol. The van der Waals surface area contributed by atoms with Gasteiger partial charge in [-0.1, -0.05) is 37.7 Å². The second kappa shape index (κ2) is 11.5. The zero-order valence-electron chi connectivity index (χ0n) is 21.7. The molecule has 6 heteroatoms. The van der Waals surface area contributed by atoms with E-state index in [-0.39, 0.29) is 17.4 Å². The summed E-state index contributed by atoms with van der Waals surface area (Å²) in [5.41, 5.74) is 4.59. The number of halogens is 2. The Morgan fingerprint density at radius 2 is 1.65 bits per heavy atom. The van der Waals surface area contributed by atoms with Gasteiger partial charge in [-0.15, -0.1) is 0 Å². The van der Waals surface area contributed by atoms with Gasteiger partial charge in [0.1, 0.15) is 43.9 Å². The summed E-state index contributed by atoms with van der Waals surface area (Å²) in [6, 6.07) is 18.3. The van der Waals surface area contributed by atoms with Crippen LogP contribution in [0.3, 0.4) is 0 Å². The van der Waals surface area contributed by atoms with Crippen molar-refractivity contribution in [2.45, 2.75) is 54.9 Å². The molecular formula is C31H36F2N2OS+2. The number of piperazine rings is 1. The van der Waals surface area contributed by atoms with E-state index in [0.29, 0.717) is 23.9 Å². The molecule has 0 aliphatic carbocycles. The first-order valence-corrected chi connectivity index (χ1v) is 14.3. The molecule has 0 aromatic heterocycles. The quantitative estimate of drug-likeness (QED) is 0.453. The van der Waals surface area contributed by atoms with Crippen molar-refractivity contribution in [2.24, 2.45) is 0 Å². The van der Waals surface area contributed by atoms with Crippen molar-refractivity contribution in [1.82, 2.24) is 0 Å². The summed E-state index contributed by atoms with van der Waals surface area (Å²) in [5, 5.41) is 0. The van der Waals surface area contributed by atoms with Crippen molar-refractivity contribution in [2.75, 3.05) is 32.7 Å². The molecule has 2 aliphatic rings. The molecule has 0 saturated carbocycles. The largest absolute Gasteiger partial charge is 0.326 e. The van der Waals surface area contributed by atoms with Gasteiger partial charge >= 0.3 is 0 Å². The summed E-state index contributed by atoms with van der Waals surface area (Å²) >= 11 is 1.71. The summed E-state index contributed by atoms with van der Waals surface area (Å²) in [5.74, 6) is 0.0695. The molecule has 2 heterocycles. The molecule has 0 unspecified atom stereocenters. The molecule has 3 nitrogen and oxygen atoms in total. The average molecular weight is 523 g/mol. The predicted octanol–water partition coefficient (Wildman–Crippen LogP) is 4.28. The first-order chi connectivity index (χ1) is 17.9. The molecule has 0 amide bonds. The van der Waals surface area contributed by atoms with Crippen LogP contribution in [0.15, 0.2) is 70.5 Å². The fourth-order valence-electron chi connectivity index (χ4n) is 5.70. The Balaban J connectivity index is 1.24. The fourth-order valence-corrected chi connectivity index (χ4v) is 6.84. The van der Waals surface area contributed by atoms with E-state index in [9.17, 15) is 13.6 Å². The average Bonchev–Trinajstić information content (AvgIpc) is 3.05. The number of benzene rings is 3. The highest BCUT2D eigenvalue weighted by atomic mass is 32.2. The maximum absolute atomic E-state index is 14.1. The van der Waals surface area contributed by atoms with Crippen LogP contribution in [0.4, 0.5) is 8.78 Å². The summed E-state index contributed by atoms with van der Waals surface area (Å²) < 4.78 is 27.2. The van der Waals surface area contributed by atoms with Crippen LogP contribution in [0.2, 0.25) is 0 Å². The normalized spacial score (nSPS) is 21.3. The van der Waals surface area contributed by atoms with E-state index in [1.165, 1.54) is 33.7 Å². The van der Waals surface area contributed by atoms with E-state index in [2.05, 4.69) is 32.0 Å². The Morgan fingerprint density at radius 1 is 0.919 bits per heavy atom. The molecule has 0 bridgehead atoms. The van der Waals surface area contributed by atoms with Crippen LogP contribution in [-0.2, 0) is 6.42 Å². The molecule has 1 atom stereocenters. The monoisotopic (exact) mass is 522 g/mol. The van der Waals surface area contributed by atoms with E-state index in [4.69, 9.17) is 0 Å². The Kier molecular flexibility index (Phi) is 8.08. The van der Waals surface area contributed by atoms with Crippen LogP contribution in [0, 0.1) is 11.6 Å². The minimum absolute atomic E-state index is 0.0901. The molecular weight excluding hydrogens is 486 g/mol. The van der Waals surface area contributed by atoms with Gasteiger partial charge in [0.15, 0.2) is 5.78 Å². The topological polar surface area (TPSA) is 26.0 Å². The number of hydrogen-bond donors (Lipinski definition) is 2. The number of rotatable bonds is 7. The van der Waals surface area contributed by atoms with Crippen LogP contribution in [0.1, 0.15) is 65.7 Å². The fraction of sp³-hybridized carbons (Fsp3) is 0.387. The van der Waals surface area contributed by atoms with Gasteiger partial charge in [-0.25, -0.2) is 8.78 Å². The lowest BCUT2D eigenvalue weighted by Gasteiger charge is -2.35. The first kappa shape index (κ1) is 26.1. The molecule has 2 aliphatic heterocycles. The van der Waals surface area contributed by atoms with E-state index in [1.807, 2.05) is 6.07 Å². The number of carbonyl (C=O) groups is 1. The highest BCUT2D eigenvalue weighted by molar-refractivity contribution is 7.99. The number of ketones is 1. The Bertz CT molecular complexity index is 1250. The third-order valence-corrected chi connectivity index (χ3v) is 9.13. The van der Waals surface area contributed by atoms with E-state index >= 15 is 0 Å². The van der Waals surface area contributed by atoms with E-state index in [1.54, 1.807) is 45.8 Å². The zero-order chi connectivity index (χ0) is 25.9. The standard InChI is InChI=1S/C31H34F2N2OS/c1-21(2)23-8-12-30-27(18-23)28(19-24-7-11-26(33)20-31(24)37-30)35-16-14-34(15-17-35)13-3-4-29(36)22-5-9-25(32)10-6-22/h5-12,18,20-21,28H,3-4,13-17,19H2,1-2H3/p+2/t28-/m0/s1. The number of nitrogens with one attached hydrogen (secondary N) is 2. The van der Waals surface area contributed by atoms with Gasteiger partial charge in [-0.2, -0.15) is 0 Å². The van der Waals surface area contributed by atoms with E-state index < -0.39 is 0 Å². The van der Waals surface area contributed by atoms with Gasteiger partial charge < -0.3 is 9.80 Å². The van der Waals surface area contributed by atoms with Crippen molar-refractivity contribution in [3.8, 4) is 0 Å². The van der Waals surface area contributed by atoms with Gasteiger partial charge in [-0.05, 0) is 65.6 Å². The molecule has 194 valence electrons. The number of fused-ring (bicyclic) bond motifs is 2. The van der Waals surface area contributed by atoms with Crippen molar-refractivity contribution in [3.63, 3.8) is 0 Å². The SMILES string of the molecule is CC(C)c1ccc2c(c1)[C@@H]([NH+]1CC[NH+](CCCC(=O)c3ccc(F)cc3)CC1)Cc1ccc(F)cc1S2. The Labute approximate surface area is 222 Å². The molecule has 1 fully saturated rings. The van der Waals surface area contributed by atoms with Gasteiger partial charge in [0, 0.05) is 40.2 Å². The van der Waals surface area contributed by atoms with Crippen molar-refractivity contribution >= 4 is 17.5 Å². The van der Waals surface area contributed by atoms with Crippen molar-refractivity contribution in [1.29, 1.82) is 0 Å². The molecule has 1 saturated heterocycles.